The van der Waals surface area contributed by atoms with Crippen LogP contribution in [0.15, 0.2) is 15.5 Å². The summed E-state index contributed by atoms with van der Waals surface area (Å²) in [5, 5.41) is -0.0124. The summed E-state index contributed by atoms with van der Waals surface area (Å²) in [5.74, 6) is 1.29. The van der Waals surface area contributed by atoms with E-state index in [1.54, 1.807) is 6.21 Å². The first-order valence-corrected chi connectivity index (χ1v) is 9.88. The molecule has 0 aliphatic carbocycles. The molecule has 0 bridgehead atoms. The molecule has 1 N–H and O–H groups in total. The van der Waals surface area contributed by atoms with Crippen LogP contribution in [0.2, 0.25) is 0 Å². The molecule has 0 spiro atoms. The van der Waals surface area contributed by atoms with Crippen molar-refractivity contribution in [3.8, 4) is 0 Å². The number of hydrogen-bond donors (Lipinski definition) is 2. The van der Waals surface area contributed by atoms with Crippen molar-refractivity contribution in [1.82, 2.24) is 3.53 Å². The Kier molecular flexibility index (Phi) is 2.60. The van der Waals surface area contributed by atoms with Crippen LogP contribution in [0.1, 0.15) is 21.9 Å². The second-order valence-corrected chi connectivity index (χ2v) is 9.23. The van der Waals surface area contributed by atoms with Crippen molar-refractivity contribution in [3.05, 3.63) is 23.2 Å². The minimum atomic E-state index is -1.12. The molecule has 3 rings (SSSR count). The Morgan fingerprint density at radius 2 is 2.50 bits per heavy atom. The number of fused-ring (bicyclic) bond motifs is 1. The van der Waals surface area contributed by atoms with Gasteiger partial charge in [0.15, 0.2) is 0 Å². The van der Waals surface area contributed by atoms with Crippen LogP contribution in [0, 0.1) is 0 Å². The van der Waals surface area contributed by atoms with E-state index >= 15 is 0 Å². The maximum atomic E-state index is 11.9. The summed E-state index contributed by atoms with van der Waals surface area (Å²) in [6, 6.07) is 1.84. The van der Waals surface area contributed by atoms with Gasteiger partial charge in [-0.05, 0) is 0 Å². The van der Waals surface area contributed by atoms with Crippen LogP contribution in [0.4, 0.5) is 0 Å². The Bertz CT molecular complexity index is 485. The average Bonchev–Trinajstić information content (AvgIpc) is 2.83. The molecule has 2 atom stereocenters. The molecule has 6 heteroatoms. The first-order chi connectivity index (χ1) is 7.65. The summed E-state index contributed by atoms with van der Waals surface area (Å²) in [7, 11) is 0. The molecule has 86 valence electrons. The van der Waals surface area contributed by atoms with E-state index in [4.69, 9.17) is 4.42 Å². The van der Waals surface area contributed by atoms with Crippen LogP contribution >= 0.6 is 32.7 Å². The molecule has 1 aromatic heterocycles. The van der Waals surface area contributed by atoms with E-state index in [2.05, 4.69) is 26.1 Å². The van der Waals surface area contributed by atoms with E-state index in [0.29, 0.717) is 11.5 Å². The number of carbonyl (C=O) groups excluding carboxylic acids is 1. The summed E-state index contributed by atoms with van der Waals surface area (Å²) in [5.41, 5.74) is 1.04. The van der Waals surface area contributed by atoms with Crippen LogP contribution in [0.25, 0.3) is 0 Å². The van der Waals surface area contributed by atoms with E-state index < -0.39 is 20.1 Å². The van der Waals surface area contributed by atoms with Gasteiger partial charge in [-0.15, -0.1) is 0 Å². The van der Waals surface area contributed by atoms with Crippen molar-refractivity contribution in [1.29, 1.82) is 0 Å². The van der Waals surface area contributed by atoms with Gasteiger partial charge in [-0.25, -0.2) is 0 Å². The predicted octanol–water partition coefficient (Wildman–Crippen LogP) is 1.67. The molecule has 16 heavy (non-hydrogen) atoms. The summed E-state index contributed by atoms with van der Waals surface area (Å²) >= 11 is 3.17. The zero-order chi connectivity index (χ0) is 11.3. The number of halogens is 1. The van der Waals surface area contributed by atoms with Gasteiger partial charge in [-0.2, -0.15) is 0 Å². The van der Waals surface area contributed by atoms with Gasteiger partial charge in [0.25, 0.3) is 0 Å². The topological polar surface area (TPSA) is 64.5 Å². The molecule has 1 aromatic rings. The van der Waals surface area contributed by atoms with Crippen LogP contribution in [-0.2, 0) is 6.42 Å². The number of nitrogens with zero attached hydrogens (tertiary/aromatic N) is 1. The molecule has 0 amide bonds. The van der Waals surface area contributed by atoms with Gasteiger partial charge >= 0.3 is 106 Å². The van der Waals surface area contributed by atoms with Gasteiger partial charge in [-0.1, -0.05) is 0 Å². The predicted molar refractivity (Wildman–Crippen MR) is 74.0 cm³/mol. The fourth-order valence-electron chi connectivity index (χ4n) is 1.69. The molecule has 3 heterocycles. The number of aliphatic imine (C=N–C) groups is 1. The SMILES string of the molecule is CI1NC1C(=O)c1cc2c(o1)C=NC(S)C2. The normalized spacial score (nSPS) is 29.0. The number of hydrogen-bond acceptors (Lipinski definition) is 5. The van der Waals surface area contributed by atoms with Crippen LogP contribution < -0.4 is 3.53 Å². The molecule has 4 nitrogen and oxygen atoms in total. The van der Waals surface area contributed by atoms with Gasteiger partial charge < -0.3 is 0 Å². The molecule has 1 saturated heterocycles. The number of furan rings is 1. The molecule has 2 aliphatic heterocycles. The van der Waals surface area contributed by atoms with Gasteiger partial charge in [0, 0.05) is 0 Å². The second-order valence-electron chi connectivity index (χ2n) is 3.82. The Labute approximate surface area is 106 Å². The summed E-state index contributed by atoms with van der Waals surface area (Å²) in [4.78, 5) is 18.2. The van der Waals surface area contributed by atoms with E-state index in [1.807, 2.05) is 6.07 Å². The Morgan fingerprint density at radius 1 is 1.75 bits per heavy atom. The second kappa shape index (κ2) is 3.85. The van der Waals surface area contributed by atoms with Crippen LogP contribution in [0.3, 0.4) is 0 Å². The fraction of sp³-hybridized carbons (Fsp3) is 0.400. The number of alkyl halides is 2. The van der Waals surface area contributed by atoms with Gasteiger partial charge in [0.05, 0.1) is 0 Å². The zero-order valence-corrected chi connectivity index (χ0v) is 11.7. The van der Waals surface area contributed by atoms with Crippen LogP contribution in [0.5, 0.6) is 0 Å². The minimum absolute atomic E-state index is 0.0124. The number of Topliss-reactive ketones (excluding diaryl/α,β-unsaturated/α-hetero) is 1. The third-order valence-electron chi connectivity index (χ3n) is 2.63. The molecular weight excluding hydrogens is 339 g/mol. The first kappa shape index (κ1) is 10.8. The van der Waals surface area contributed by atoms with Gasteiger partial charge in [0.1, 0.15) is 0 Å². The van der Waals surface area contributed by atoms with Crippen molar-refractivity contribution in [2.45, 2.75) is 15.8 Å². The molecule has 0 radical (unpaired) electrons. The summed E-state index contributed by atoms with van der Waals surface area (Å²) in [6.45, 7) is 0. The van der Waals surface area contributed by atoms with E-state index in [1.165, 1.54) is 0 Å². The van der Waals surface area contributed by atoms with Crippen molar-refractivity contribution >= 4 is 44.7 Å². The molecular formula is C10H11IN2O2S. The van der Waals surface area contributed by atoms with Crippen molar-refractivity contribution in [2.24, 2.45) is 4.99 Å². The van der Waals surface area contributed by atoms with Gasteiger partial charge in [-0.3, -0.25) is 0 Å². The fourth-order valence-corrected chi connectivity index (χ4v) is 5.69. The molecule has 2 unspecified atom stereocenters. The quantitative estimate of drug-likeness (QED) is 0.162. The van der Waals surface area contributed by atoms with E-state index in [0.717, 1.165) is 12.0 Å². The summed E-state index contributed by atoms with van der Waals surface area (Å²) < 4.78 is 8.82. The third kappa shape index (κ3) is 1.82. The van der Waals surface area contributed by atoms with Crippen molar-refractivity contribution in [3.63, 3.8) is 0 Å². The number of rotatable bonds is 2. The molecule has 2 aliphatic rings. The Morgan fingerprint density at radius 3 is 3.19 bits per heavy atom. The Balaban J connectivity index is 1.88. The number of carbonyl (C=O) groups is 1. The molecule has 0 saturated carbocycles. The number of nitrogens with one attached hydrogen (secondary N) is 1. The first-order valence-electron chi connectivity index (χ1n) is 4.88. The summed E-state index contributed by atoms with van der Waals surface area (Å²) in [6.07, 6.45) is 2.40. The third-order valence-corrected chi connectivity index (χ3v) is 6.62. The number of thiol groups is 1. The van der Waals surface area contributed by atoms with E-state index in [-0.39, 0.29) is 15.2 Å². The average molecular weight is 350 g/mol. The monoisotopic (exact) mass is 350 g/mol. The molecule has 0 aromatic carbocycles. The van der Waals surface area contributed by atoms with E-state index in [9.17, 15) is 4.79 Å². The maximum absolute atomic E-state index is 11.9. The molecule has 1 fully saturated rings. The Hall–Kier alpha value is -0.340. The van der Waals surface area contributed by atoms with Gasteiger partial charge in [0.2, 0.25) is 0 Å². The van der Waals surface area contributed by atoms with Crippen molar-refractivity contribution in [2.75, 3.05) is 4.93 Å². The number of ketones is 1. The zero-order valence-electron chi connectivity index (χ0n) is 8.61. The van der Waals surface area contributed by atoms with Crippen molar-refractivity contribution < 1.29 is 9.21 Å². The van der Waals surface area contributed by atoms with Crippen LogP contribution in [-0.4, -0.2) is 26.4 Å². The standard InChI is InChI=1S/C10H11IN2O2S/c1-11-10(13-11)9(14)6-2-5-3-8(16)12-4-7(5)15-6/h2,4,8,10,13,16H,3H2,1H3.